The molecule has 1 N–H and O–H groups in total. The largest absolute Gasteiger partial charge is 0.281 e. The molecule has 0 unspecified atom stereocenters. The van der Waals surface area contributed by atoms with Crippen LogP contribution in [-0.2, 0) is 0 Å². The van der Waals surface area contributed by atoms with Crippen LogP contribution in [0.5, 0.6) is 0 Å². The van der Waals surface area contributed by atoms with Gasteiger partial charge in [-0.25, -0.2) is 0 Å². The van der Waals surface area contributed by atoms with Gasteiger partial charge >= 0.3 is 0 Å². The van der Waals surface area contributed by atoms with Crippen molar-refractivity contribution in [2.45, 2.75) is 26.3 Å². The molecule has 0 bridgehead atoms. The molecule has 2 rings (SSSR count). The Hall–Kier alpha value is -2.60. The SMILES string of the molecule is CCC(=N[C@H](C)c1ccc(-c2ccccc2)cc1)NC#N. The van der Waals surface area contributed by atoms with Gasteiger partial charge in [0.2, 0.25) is 0 Å². The molecule has 0 spiro atoms. The molecule has 0 saturated heterocycles. The molecule has 0 aliphatic carbocycles. The minimum Gasteiger partial charge on any atom is -0.281 e. The maximum absolute atomic E-state index is 8.67. The van der Waals surface area contributed by atoms with E-state index in [4.69, 9.17) is 5.26 Å². The molecule has 2 aromatic carbocycles. The van der Waals surface area contributed by atoms with E-state index in [1.54, 1.807) is 0 Å². The zero-order chi connectivity index (χ0) is 15.1. The van der Waals surface area contributed by atoms with Crippen molar-refractivity contribution >= 4 is 5.84 Å². The van der Waals surface area contributed by atoms with Crippen LogP contribution in [0, 0.1) is 11.5 Å². The first kappa shape index (κ1) is 14.8. The molecule has 0 aliphatic rings. The molecule has 0 amide bonds. The second-order valence-corrected chi connectivity index (χ2v) is 4.83. The minimum atomic E-state index is 0.0330. The Labute approximate surface area is 126 Å². The number of benzene rings is 2. The third-order valence-electron chi connectivity index (χ3n) is 3.38. The molecule has 0 saturated carbocycles. The van der Waals surface area contributed by atoms with Gasteiger partial charge in [-0.15, -0.1) is 0 Å². The third-order valence-corrected chi connectivity index (χ3v) is 3.38. The van der Waals surface area contributed by atoms with E-state index < -0.39 is 0 Å². The molecule has 0 aliphatic heterocycles. The highest BCUT2D eigenvalue weighted by Crippen LogP contribution is 2.23. The first-order valence-electron chi connectivity index (χ1n) is 7.11. The molecule has 0 aromatic heterocycles. The van der Waals surface area contributed by atoms with Crippen molar-refractivity contribution in [2.75, 3.05) is 0 Å². The van der Waals surface area contributed by atoms with Crippen molar-refractivity contribution in [3.63, 3.8) is 0 Å². The fourth-order valence-electron chi connectivity index (χ4n) is 2.17. The second kappa shape index (κ2) is 7.25. The lowest BCUT2D eigenvalue weighted by atomic mass is 10.0. The Kier molecular flexibility index (Phi) is 5.11. The van der Waals surface area contributed by atoms with Gasteiger partial charge in [-0.3, -0.25) is 10.3 Å². The number of rotatable bonds is 4. The van der Waals surface area contributed by atoms with Gasteiger partial charge in [-0.1, -0.05) is 61.5 Å². The van der Waals surface area contributed by atoms with Crippen molar-refractivity contribution in [1.29, 1.82) is 5.26 Å². The van der Waals surface area contributed by atoms with Crippen LogP contribution in [0.25, 0.3) is 11.1 Å². The predicted octanol–water partition coefficient (Wildman–Crippen LogP) is 4.29. The lowest BCUT2D eigenvalue weighted by molar-refractivity contribution is 0.807. The van der Waals surface area contributed by atoms with Crippen LogP contribution in [0.3, 0.4) is 0 Å². The van der Waals surface area contributed by atoms with Crippen molar-refractivity contribution in [1.82, 2.24) is 5.32 Å². The van der Waals surface area contributed by atoms with Gasteiger partial charge in [0.15, 0.2) is 6.19 Å². The zero-order valence-corrected chi connectivity index (χ0v) is 12.4. The third kappa shape index (κ3) is 3.93. The summed E-state index contributed by atoms with van der Waals surface area (Å²) >= 11 is 0. The van der Waals surface area contributed by atoms with Crippen LogP contribution in [0.1, 0.15) is 31.9 Å². The number of hydrogen-bond donors (Lipinski definition) is 1. The molecular weight excluding hydrogens is 258 g/mol. The molecule has 0 fully saturated rings. The molecule has 3 heteroatoms. The van der Waals surface area contributed by atoms with Crippen molar-refractivity contribution in [2.24, 2.45) is 4.99 Å². The molecule has 0 radical (unpaired) electrons. The average molecular weight is 277 g/mol. The summed E-state index contributed by atoms with van der Waals surface area (Å²) in [7, 11) is 0. The highest BCUT2D eigenvalue weighted by molar-refractivity contribution is 5.83. The summed E-state index contributed by atoms with van der Waals surface area (Å²) in [5, 5.41) is 11.3. The van der Waals surface area contributed by atoms with Gasteiger partial charge in [0.25, 0.3) is 0 Å². The van der Waals surface area contributed by atoms with E-state index in [-0.39, 0.29) is 6.04 Å². The Bertz CT molecular complexity index is 636. The quantitative estimate of drug-likeness (QED) is 0.392. The van der Waals surface area contributed by atoms with E-state index >= 15 is 0 Å². The van der Waals surface area contributed by atoms with Crippen LogP contribution >= 0.6 is 0 Å². The van der Waals surface area contributed by atoms with E-state index in [1.165, 1.54) is 11.1 Å². The van der Waals surface area contributed by atoms with Crippen LogP contribution in [0.2, 0.25) is 0 Å². The number of aliphatic imine (C=N–C) groups is 1. The summed E-state index contributed by atoms with van der Waals surface area (Å²) in [6.45, 7) is 4.01. The fourth-order valence-corrected chi connectivity index (χ4v) is 2.17. The Morgan fingerprint density at radius 1 is 1.10 bits per heavy atom. The van der Waals surface area contributed by atoms with E-state index in [1.807, 2.05) is 38.2 Å². The van der Waals surface area contributed by atoms with Crippen LogP contribution in [-0.4, -0.2) is 5.84 Å². The fraction of sp³-hybridized carbons (Fsp3) is 0.222. The first-order valence-corrected chi connectivity index (χ1v) is 7.11. The number of nitrogens with zero attached hydrogens (tertiary/aromatic N) is 2. The summed E-state index contributed by atoms with van der Waals surface area (Å²) in [5.74, 6) is 0.720. The van der Waals surface area contributed by atoms with Crippen molar-refractivity contribution in [3.05, 3.63) is 60.2 Å². The molecule has 0 heterocycles. The van der Waals surface area contributed by atoms with Gasteiger partial charge < -0.3 is 0 Å². The molecule has 21 heavy (non-hydrogen) atoms. The lowest BCUT2D eigenvalue weighted by Gasteiger charge is -2.10. The van der Waals surface area contributed by atoms with E-state index in [9.17, 15) is 0 Å². The summed E-state index contributed by atoms with van der Waals surface area (Å²) in [5.41, 5.74) is 3.54. The van der Waals surface area contributed by atoms with Crippen LogP contribution in [0.15, 0.2) is 59.6 Å². The van der Waals surface area contributed by atoms with E-state index in [0.29, 0.717) is 0 Å². The maximum atomic E-state index is 8.67. The Morgan fingerprint density at radius 2 is 1.71 bits per heavy atom. The highest BCUT2D eigenvalue weighted by Gasteiger charge is 2.05. The molecular formula is C18H19N3. The number of hydrogen-bond acceptors (Lipinski definition) is 2. The van der Waals surface area contributed by atoms with E-state index in [2.05, 4.69) is 46.7 Å². The Balaban J connectivity index is 2.17. The summed E-state index contributed by atoms with van der Waals surface area (Å²) < 4.78 is 0. The van der Waals surface area contributed by atoms with Crippen molar-refractivity contribution in [3.8, 4) is 17.3 Å². The zero-order valence-electron chi connectivity index (χ0n) is 12.4. The smallest absolute Gasteiger partial charge is 0.182 e. The first-order chi connectivity index (χ1) is 10.2. The molecule has 1 atom stereocenters. The van der Waals surface area contributed by atoms with E-state index in [0.717, 1.165) is 17.8 Å². The van der Waals surface area contributed by atoms with Gasteiger partial charge in [0, 0.05) is 6.42 Å². The van der Waals surface area contributed by atoms with Gasteiger partial charge in [-0.2, -0.15) is 5.26 Å². The number of amidine groups is 1. The van der Waals surface area contributed by atoms with Crippen LogP contribution in [0.4, 0.5) is 0 Å². The van der Waals surface area contributed by atoms with Gasteiger partial charge in [0.1, 0.15) is 5.84 Å². The summed E-state index contributed by atoms with van der Waals surface area (Å²) in [6, 6.07) is 18.7. The molecule has 106 valence electrons. The van der Waals surface area contributed by atoms with Gasteiger partial charge in [-0.05, 0) is 23.6 Å². The van der Waals surface area contributed by atoms with Gasteiger partial charge in [0.05, 0.1) is 6.04 Å². The summed E-state index contributed by atoms with van der Waals surface area (Å²) in [6.07, 6.45) is 2.65. The highest BCUT2D eigenvalue weighted by atomic mass is 15.0. The average Bonchev–Trinajstić information content (AvgIpc) is 2.55. The lowest BCUT2D eigenvalue weighted by Crippen LogP contribution is -2.17. The normalized spacial score (nSPS) is 12.5. The molecule has 2 aromatic rings. The monoisotopic (exact) mass is 277 g/mol. The second-order valence-electron chi connectivity index (χ2n) is 4.83. The topological polar surface area (TPSA) is 48.2 Å². The standard InChI is InChI=1S/C18H19N3/c1-3-18(20-13-19)21-14(2)15-9-11-17(12-10-15)16-7-5-4-6-8-16/h4-12,14H,3H2,1-2H3,(H,20,21)/t14-/m1/s1. The summed E-state index contributed by atoms with van der Waals surface area (Å²) in [4.78, 5) is 4.54. The number of nitrogens with one attached hydrogen (secondary N) is 1. The number of nitriles is 1. The molecule has 3 nitrogen and oxygen atoms in total. The predicted molar refractivity (Wildman–Crippen MR) is 86.8 cm³/mol. The van der Waals surface area contributed by atoms with Crippen molar-refractivity contribution < 1.29 is 0 Å². The maximum Gasteiger partial charge on any atom is 0.182 e. The minimum absolute atomic E-state index is 0.0330. The van der Waals surface area contributed by atoms with Crippen LogP contribution < -0.4 is 5.32 Å². The Morgan fingerprint density at radius 3 is 2.29 bits per heavy atom.